The molecule has 8 nitrogen and oxygen atoms in total. The Hall–Kier alpha value is -1.78. The Morgan fingerprint density at radius 1 is 1.45 bits per heavy atom. The van der Waals surface area contributed by atoms with Gasteiger partial charge in [0.1, 0.15) is 5.82 Å². The molecule has 1 aromatic heterocycles. The Bertz CT molecular complexity index is 704. The molecule has 0 atom stereocenters. The number of tetrazole rings is 1. The molecular formula is C9H12ClFN6O2S. The molecule has 0 fully saturated rings. The number of aromatic nitrogens is 4. The smallest absolute Gasteiger partial charge is 0.277 e. The van der Waals surface area contributed by atoms with Crippen molar-refractivity contribution >= 4 is 28.4 Å². The summed E-state index contributed by atoms with van der Waals surface area (Å²) in [7, 11) is -2.40. The van der Waals surface area contributed by atoms with Crippen LogP contribution in [0.4, 0.5) is 10.3 Å². The lowest BCUT2D eigenvalue weighted by molar-refractivity contribution is 0.596. The molecule has 1 heterocycles. The summed E-state index contributed by atoms with van der Waals surface area (Å²) in [5, 5.41) is 10.7. The number of rotatable bonds is 4. The second kappa shape index (κ2) is 6.11. The van der Waals surface area contributed by atoms with Crippen LogP contribution in [0.25, 0.3) is 0 Å². The lowest BCUT2D eigenvalue weighted by atomic mass is 10.2. The predicted octanol–water partition coefficient (Wildman–Crippen LogP) is 0.0305. The monoisotopic (exact) mass is 322 g/mol. The molecule has 2 rings (SSSR count). The van der Waals surface area contributed by atoms with Crippen LogP contribution in [0.5, 0.6) is 0 Å². The van der Waals surface area contributed by atoms with Crippen LogP contribution >= 0.6 is 12.4 Å². The highest BCUT2D eigenvalue weighted by molar-refractivity contribution is 7.92. The molecule has 2 aromatic rings. The molecule has 110 valence electrons. The fraction of sp³-hybridized carbons (Fsp3) is 0.222. The Morgan fingerprint density at radius 2 is 2.15 bits per heavy atom. The van der Waals surface area contributed by atoms with E-state index in [0.29, 0.717) is 0 Å². The van der Waals surface area contributed by atoms with Gasteiger partial charge in [0.15, 0.2) is 0 Å². The van der Waals surface area contributed by atoms with Gasteiger partial charge in [-0.05, 0) is 23.4 Å². The molecule has 11 heteroatoms. The maximum absolute atomic E-state index is 13.3. The van der Waals surface area contributed by atoms with Gasteiger partial charge in [-0.15, -0.1) is 17.5 Å². The predicted molar refractivity (Wildman–Crippen MR) is 71.1 cm³/mol. The second-order valence-electron chi connectivity index (χ2n) is 3.67. The molecule has 0 saturated carbocycles. The largest absolute Gasteiger partial charge is 0.326 e. The number of sulfonamides is 1. The summed E-state index contributed by atoms with van der Waals surface area (Å²) in [5.74, 6) is -0.722. The van der Waals surface area contributed by atoms with Crippen molar-refractivity contribution in [2.75, 3.05) is 4.72 Å². The first-order valence-electron chi connectivity index (χ1n) is 5.17. The van der Waals surface area contributed by atoms with E-state index in [9.17, 15) is 12.8 Å². The zero-order valence-corrected chi connectivity index (χ0v) is 11.9. The number of nitrogens with zero attached hydrogens (tertiary/aromatic N) is 4. The Labute approximate surface area is 120 Å². The minimum Gasteiger partial charge on any atom is -0.326 e. The molecule has 0 bridgehead atoms. The third-order valence-electron chi connectivity index (χ3n) is 2.28. The van der Waals surface area contributed by atoms with Gasteiger partial charge in [-0.25, -0.2) is 17.5 Å². The number of nitrogens with one attached hydrogen (secondary N) is 1. The molecule has 0 aliphatic heterocycles. The van der Waals surface area contributed by atoms with E-state index < -0.39 is 15.8 Å². The first kappa shape index (κ1) is 16.3. The van der Waals surface area contributed by atoms with E-state index in [1.807, 2.05) is 0 Å². The molecule has 0 spiro atoms. The zero-order chi connectivity index (χ0) is 14.0. The van der Waals surface area contributed by atoms with E-state index in [1.54, 1.807) is 0 Å². The first-order chi connectivity index (χ1) is 8.92. The van der Waals surface area contributed by atoms with Gasteiger partial charge >= 0.3 is 0 Å². The van der Waals surface area contributed by atoms with E-state index in [1.165, 1.54) is 7.05 Å². The lowest BCUT2D eigenvalue weighted by Gasteiger charge is -2.06. The highest BCUT2D eigenvalue weighted by Crippen LogP contribution is 2.16. The molecule has 0 aliphatic carbocycles. The number of hydrogen-bond acceptors (Lipinski definition) is 6. The Morgan fingerprint density at radius 3 is 2.70 bits per heavy atom. The van der Waals surface area contributed by atoms with E-state index in [2.05, 4.69) is 20.1 Å². The van der Waals surface area contributed by atoms with E-state index in [-0.39, 0.29) is 35.4 Å². The maximum atomic E-state index is 13.3. The molecule has 0 amide bonds. The lowest BCUT2D eigenvalue weighted by Crippen LogP contribution is -2.15. The first-order valence-corrected chi connectivity index (χ1v) is 6.66. The fourth-order valence-corrected chi connectivity index (χ4v) is 2.36. The Kier molecular flexibility index (Phi) is 4.98. The molecular weight excluding hydrogens is 311 g/mol. The van der Waals surface area contributed by atoms with Crippen molar-refractivity contribution < 1.29 is 12.8 Å². The fourth-order valence-electron chi connectivity index (χ4n) is 1.38. The maximum Gasteiger partial charge on any atom is 0.277 e. The van der Waals surface area contributed by atoms with Gasteiger partial charge in [-0.3, -0.25) is 0 Å². The third kappa shape index (κ3) is 3.40. The van der Waals surface area contributed by atoms with Crippen molar-refractivity contribution in [3.63, 3.8) is 0 Å². The van der Waals surface area contributed by atoms with E-state index >= 15 is 0 Å². The summed E-state index contributed by atoms with van der Waals surface area (Å²) >= 11 is 0. The number of aryl methyl sites for hydroxylation is 1. The standard InChI is InChI=1S/C9H11FN6O2S.ClH/c1-16-13-9(12-15-16)14-19(17,18)7-2-3-8(10)6(4-7)5-11;/h2-4H,5,11H2,1H3,(H,13,14);1H. The van der Waals surface area contributed by atoms with Gasteiger partial charge in [0.25, 0.3) is 16.0 Å². The van der Waals surface area contributed by atoms with Gasteiger partial charge in [0.2, 0.25) is 0 Å². The van der Waals surface area contributed by atoms with E-state index in [0.717, 1.165) is 23.0 Å². The van der Waals surface area contributed by atoms with Gasteiger partial charge in [0, 0.05) is 12.1 Å². The summed E-state index contributed by atoms with van der Waals surface area (Å²) in [5.41, 5.74) is 5.43. The Balaban J connectivity index is 0.00000200. The van der Waals surface area contributed by atoms with Crippen LogP contribution in [-0.2, 0) is 23.6 Å². The normalized spacial score (nSPS) is 10.9. The summed E-state index contributed by atoms with van der Waals surface area (Å²) in [4.78, 5) is 0.982. The molecule has 1 aromatic carbocycles. The van der Waals surface area contributed by atoms with Gasteiger partial charge in [-0.2, -0.15) is 4.80 Å². The molecule has 0 radical (unpaired) electrons. The summed E-state index contributed by atoms with van der Waals surface area (Å²) in [6.07, 6.45) is 0. The molecule has 0 unspecified atom stereocenters. The minimum absolute atomic E-state index is 0. The summed E-state index contributed by atoms with van der Waals surface area (Å²) in [6.45, 7) is -0.0986. The molecule has 3 N–H and O–H groups in total. The van der Waals surface area contributed by atoms with Crippen LogP contribution < -0.4 is 10.5 Å². The minimum atomic E-state index is -3.90. The third-order valence-corrected chi connectivity index (χ3v) is 3.61. The van der Waals surface area contributed by atoms with E-state index in [4.69, 9.17) is 5.73 Å². The van der Waals surface area contributed by atoms with Gasteiger partial charge in [0.05, 0.1) is 11.9 Å². The van der Waals surface area contributed by atoms with Crippen LogP contribution in [0.15, 0.2) is 23.1 Å². The number of halogens is 2. The van der Waals surface area contributed by atoms with Gasteiger partial charge in [-0.1, -0.05) is 5.10 Å². The van der Waals surface area contributed by atoms with Crippen LogP contribution in [0.3, 0.4) is 0 Å². The average molecular weight is 323 g/mol. The molecule has 20 heavy (non-hydrogen) atoms. The van der Waals surface area contributed by atoms with Crippen molar-refractivity contribution in [2.45, 2.75) is 11.4 Å². The van der Waals surface area contributed by atoms with Crippen molar-refractivity contribution in [1.29, 1.82) is 0 Å². The SMILES string of the molecule is Cl.Cn1nnc(NS(=O)(=O)c2ccc(F)c(CN)c2)n1. The molecule has 0 aliphatic rings. The van der Waals surface area contributed by atoms with Crippen LogP contribution in [0, 0.1) is 5.82 Å². The van der Waals surface area contributed by atoms with Crippen molar-refractivity contribution in [3.05, 3.63) is 29.6 Å². The number of nitrogens with two attached hydrogens (primary N) is 1. The number of hydrogen-bond donors (Lipinski definition) is 2. The average Bonchev–Trinajstić information content (AvgIpc) is 2.74. The van der Waals surface area contributed by atoms with Crippen molar-refractivity contribution in [3.8, 4) is 0 Å². The highest BCUT2D eigenvalue weighted by atomic mass is 35.5. The topological polar surface area (TPSA) is 116 Å². The highest BCUT2D eigenvalue weighted by Gasteiger charge is 2.18. The number of anilines is 1. The molecule has 0 saturated heterocycles. The van der Waals surface area contributed by atoms with Crippen molar-refractivity contribution in [1.82, 2.24) is 20.2 Å². The number of benzene rings is 1. The van der Waals surface area contributed by atoms with Crippen LogP contribution in [0.1, 0.15) is 5.56 Å². The van der Waals surface area contributed by atoms with Crippen molar-refractivity contribution in [2.24, 2.45) is 12.8 Å². The summed E-state index contributed by atoms with van der Waals surface area (Å²) < 4.78 is 39.4. The second-order valence-corrected chi connectivity index (χ2v) is 5.35. The van der Waals surface area contributed by atoms with Crippen LogP contribution in [0.2, 0.25) is 0 Å². The van der Waals surface area contributed by atoms with Gasteiger partial charge < -0.3 is 5.73 Å². The van der Waals surface area contributed by atoms with Crippen LogP contribution in [-0.4, -0.2) is 28.6 Å². The zero-order valence-electron chi connectivity index (χ0n) is 10.3. The quantitative estimate of drug-likeness (QED) is 0.820. The summed E-state index contributed by atoms with van der Waals surface area (Å²) in [6, 6.07) is 3.34.